The Bertz CT molecular complexity index is 1090. The van der Waals surface area contributed by atoms with Crippen molar-refractivity contribution in [2.24, 2.45) is 0 Å². The molecule has 0 saturated carbocycles. The van der Waals surface area contributed by atoms with Crippen molar-refractivity contribution < 1.29 is 42.1 Å². The molecule has 0 bridgehead atoms. The van der Waals surface area contributed by atoms with Crippen molar-refractivity contribution >= 4 is 19.8 Å². The van der Waals surface area contributed by atoms with Gasteiger partial charge in [-0.05, 0) is 51.4 Å². The van der Waals surface area contributed by atoms with E-state index in [9.17, 15) is 19.0 Å². The van der Waals surface area contributed by atoms with Crippen LogP contribution < -0.4 is 4.89 Å². The highest BCUT2D eigenvalue weighted by Crippen LogP contribution is 2.38. The topological polar surface area (TPSA) is 111 Å². The second kappa shape index (κ2) is 32.4. The van der Waals surface area contributed by atoms with Gasteiger partial charge < -0.3 is 27.9 Å². The third-order valence-corrected chi connectivity index (χ3v) is 8.22. The number of likely N-dealkylation sites (N-methyl/N-ethyl adjacent to an activating group) is 1. The van der Waals surface area contributed by atoms with Gasteiger partial charge >= 0.3 is 11.9 Å². The van der Waals surface area contributed by atoms with Gasteiger partial charge in [-0.25, -0.2) is 0 Å². The zero-order chi connectivity index (χ0) is 37.2. The Morgan fingerprint density at radius 2 is 1.14 bits per heavy atom. The highest BCUT2D eigenvalue weighted by molar-refractivity contribution is 7.45. The second-order valence-corrected chi connectivity index (χ2v) is 14.6. The third-order valence-electron chi connectivity index (χ3n) is 7.25. The van der Waals surface area contributed by atoms with E-state index < -0.39 is 32.5 Å². The molecular formula is C40H68NO8P. The zero-order valence-electron chi connectivity index (χ0n) is 31.8. The first kappa shape index (κ1) is 47.4. The summed E-state index contributed by atoms with van der Waals surface area (Å²) in [5.41, 5.74) is 0. The second-order valence-electron chi connectivity index (χ2n) is 13.2. The van der Waals surface area contributed by atoms with E-state index in [1.165, 1.54) is 19.3 Å². The Labute approximate surface area is 304 Å². The quantitative estimate of drug-likeness (QED) is 0.0222. The highest BCUT2D eigenvalue weighted by atomic mass is 31.2. The molecule has 0 N–H and O–H groups in total. The average Bonchev–Trinajstić information content (AvgIpc) is 3.06. The Morgan fingerprint density at radius 3 is 1.66 bits per heavy atom. The molecule has 10 heteroatoms. The van der Waals surface area contributed by atoms with E-state index in [2.05, 4.69) is 74.6 Å². The number of allylic oxidation sites excluding steroid dienone is 12. The molecule has 0 aliphatic carbocycles. The van der Waals surface area contributed by atoms with Crippen LogP contribution >= 0.6 is 7.82 Å². The van der Waals surface area contributed by atoms with Crippen LogP contribution in [0, 0.1) is 0 Å². The summed E-state index contributed by atoms with van der Waals surface area (Å²) in [7, 11) is 1.11. The first-order chi connectivity index (χ1) is 24.0. The van der Waals surface area contributed by atoms with Crippen molar-refractivity contribution in [1.82, 2.24) is 0 Å². The third kappa shape index (κ3) is 35.3. The molecule has 0 aromatic heterocycles. The van der Waals surface area contributed by atoms with Crippen molar-refractivity contribution in [3.8, 4) is 0 Å². The highest BCUT2D eigenvalue weighted by Gasteiger charge is 2.21. The number of ether oxygens (including phenoxy) is 2. The van der Waals surface area contributed by atoms with E-state index in [0.717, 1.165) is 57.8 Å². The summed E-state index contributed by atoms with van der Waals surface area (Å²) < 4.78 is 33.5. The van der Waals surface area contributed by atoms with Crippen molar-refractivity contribution in [3.05, 3.63) is 72.9 Å². The molecule has 0 aromatic carbocycles. The number of phosphoric ester groups is 1. The van der Waals surface area contributed by atoms with Gasteiger partial charge in [0.05, 0.1) is 27.7 Å². The number of rotatable bonds is 32. The molecule has 0 rings (SSSR count). The monoisotopic (exact) mass is 721 g/mol. The maximum atomic E-state index is 12.5. The Hall–Kier alpha value is -2.55. The van der Waals surface area contributed by atoms with E-state index in [4.69, 9.17) is 18.5 Å². The number of unbranched alkanes of at least 4 members (excludes halogenated alkanes) is 6. The lowest BCUT2D eigenvalue weighted by Gasteiger charge is -2.28. The maximum absolute atomic E-state index is 12.5. The number of nitrogens with zero attached hydrogens (tertiary/aromatic N) is 1. The largest absolute Gasteiger partial charge is 0.756 e. The van der Waals surface area contributed by atoms with Gasteiger partial charge in [0.25, 0.3) is 7.82 Å². The summed E-state index contributed by atoms with van der Waals surface area (Å²) in [6.45, 7) is 3.93. The number of esters is 2. The molecule has 0 radical (unpaired) electrons. The van der Waals surface area contributed by atoms with Crippen molar-refractivity contribution in [1.29, 1.82) is 0 Å². The molecule has 0 aliphatic rings. The lowest BCUT2D eigenvalue weighted by molar-refractivity contribution is -0.870. The first-order valence-electron chi connectivity index (χ1n) is 18.6. The van der Waals surface area contributed by atoms with Crippen LogP contribution in [0.5, 0.6) is 0 Å². The summed E-state index contributed by atoms with van der Waals surface area (Å²) in [6.07, 6.45) is 38.3. The molecule has 286 valence electrons. The first-order valence-corrected chi connectivity index (χ1v) is 20.1. The Kier molecular flexibility index (Phi) is 30.7. The molecule has 0 saturated heterocycles. The van der Waals surface area contributed by atoms with E-state index in [-0.39, 0.29) is 26.1 Å². The average molecular weight is 722 g/mol. The molecule has 0 fully saturated rings. The number of hydrogen-bond donors (Lipinski definition) is 0. The molecule has 0 heterocycles. The van der Waals surface area contributed by atoms with Gasteiger partial charge in [-0.1, -0.05) is 125 Å². The fourth-order valence-corrected chi connectivity index (χ4v) is 5.05. The van der Waals surface area contributed by atoms with E-state index in [0.29, 0.717) is 23.9 Å². The van der Waals surface area contributed by atoms with E-state index >= 15 is 0 Å². The van der Waals surface area contributed by atoms with Crippen molar-refractivity contribution in [3.63, 3.8) is 0 Å². The Morgan fingerprint density at radius 1 is 0.640 bits per heavy atom. The minimum Gasteiger partial charge on any atom is -0.756 e. The number of phosphoric acid groups is 1. The molecule has 1 unspecified atom stereocenters. The molecule has 0 amide bonds. The summed E-state index contributed by atoms with van der Waals surface area (Å²) in [5, 5.41) is 0. The van der Waals surface area contributed by atoms with Crippen LogP contribution in [0.15, 0.2) is 72.9 Å². The van der Waals surface area contributed by atoms with Gasteiger partial charge in [0.2, 0.25) is 0 Å². The lowest BCUT2D eigenvalue weighted by atomic mass is 10.1. The lowest BCUT2D eigenvalue weighted by Crippen LogP contribution is -2.37. The van der Waals surface area contributed by atoms with Crippen LogP contribution in [0.3, 0.4) is 0 Å². The van der Waals surface area contributed by atoms with Crippen molar-refractivity contribution in [2.45, 2.75) is 123 Å². The minimum absolute atomic E-state index is 0.0451. The van der Waals surface area contributed by atoms with E-state index in [1.807, 2.05) is 33.3 Å². The molecular weight excluding hydrogens is 653 g/mol. The Balaban J connectivity index is 4.49. The molecule has 0 aromatic rings. The van der Waals surface area contributed by atoms with Gasteiger partial charge in [-0.15, -0.1) is 0 Å². The maximum Gasteiger partial charge on any atom is 0.306 e. The summed E-state index contributed by atoms with van der Waals surface area (Å²) in [4.78, 5) is 37.1. The van der Waals surface area contributed by atoms with Gasteiger partial charge in [-0.2, -0.15) is 0 Å². The van der Waals surface area contributed by atoms with E-state index in [1.54, 1.807) is 0 Å². The number of quaternary nitrogens is 1. The molecule has 9 nitrogen and oxygen atoms in total. The van der Waals surface area contributed by atoms with Crippen LogP contribution in [0.25, 0.3) is 0 Å². The van der Waals surface area contributed by atoms with Crippen LogP contribution in [0.4, 0.5) is 0 Å². The molecule has 2 atom stereocenters. The number of carbonyl (C=O) groups excluding carboxylic acids is 2. The number of hydrogen-bond acceptors (Lipinski definition) is 8. The van der Waals surface area contributed by atoms with Gasteiger partial charge in [0.15, 0.2) is 6.10 Å². The summed E-state index contributed by atoms with van der Waals surface area (Å²) >= 11 is 0. The van der Waals surface area contributed by atoms with Crippen LogP contribution in [0.1, 0.15) is 117 Å². The van der Waals surface area contributed by atoms with Gasteiger partial charge in [0.1, 0.15) is 19.8 Å². The molecule has 0 aliphatic heterocycles. The smallest absolute Gasteiger partial charge is 0.306 e. The molecule has 0 spiro atoms. The van der Waals surface area contributed by atoms with Gasteiger partial charge in [0, 0.05) is 12.8 Å². The fourth-order valence-electron chi connectivity index (χ4n) is 4.32. The van der Waals surface area contributed by atoms with Crippen LogP contribution in [-0.2, 0) is 32.7 Å². The van der Waals surface area contributed by atoms with Gasteiger partial charge in [-0.3, -0.25) is 14.2 Å². The summed E-state index contributed by atoms with van der Waals surface area (Å²) in [5.74, 6) is -0.949. The SMILES string of the molecule is CC/C=C/C/C=C/C/C=C/C/C=C/C/C=C/C/C=C/CCC(=O)OC[C@@H](COP(=O)([O-])OCC[N+](C)(C)C)OC(=O)CCCCCCCCC. The number of carbonyl (C=O) groups is 2. The predicted molar refractivity (Wildman–Crippen MR) is 203 cm³/mol. The van der Waals surface area contributed by atoms with Crippen LogP contribution in [-0.4, -0.2) is 70.0 Å². The standard InChI is InChI=1S/C40H68NO8P/c1-6-8-10-12-14-15-16-17-18-19-20-21-22-23-24-25-27-28-30-32-39(42)46-36-38(37-48-50(44,45)47-35-34-41(3,4)5)49-40(43)33-31-29-26-13-11-9-7-2/h8,10,14-15,17-18,20-21,23-24,27-28,38H,6-7,9,11-13,16,19,22,25-26,29-37H2,1-5H3/b10-8+,15-14+,18-17+,21-20+,24-23+,28-27+/t38-/m0/s1. The molecule has 50 heavy (non-hydrogen) atoms. The predicted octanol–water partition coefficient (Wildman–Crippen LogP) is 9.27. The fraction of sp³-hybridized carbons (Fsp3) is 0.650. The van der Waals surface area contributed by atoms with Crippen molar-refractivity contribution in [2.75, 3.05) is 47.5 Å². The van der Waals surface area contributed by atoms with Crippen LogP contribution in [0.2, 0.25) is 0 Å². The minimum atomic E-state index is -4.63. The normalized spacial score (nSPS) is 14.6. The zero-order valence-corrected chi connectivity index (χ0v) is 32.7. The summed E-state index contributed by atoms with van der Waals surface area (Å²) in [6, 6.07) is 0.